The number of aromatic nitrogens is 4. The molecule has 13 heteroatoms. The summed E-state index contributed by atoms with van der Waals surface area (Å²) in [7, 11) is 1.38. The Morgan fingerprint density at radius 2 is 2.00 bits per heavy atom. The second kappa shape index (κ2) is 11.5. The van der Waals surface area contributed by atoms with Crippen LogP contribution in [0.2, 0.25) is 0 Å². The molecule has 1 aromatic carbocycles. The first-order chi connectivity index (χ1) is 18.5. The Hall–Kier alpha value is -3.84. The first kappa shape index (κ1) is 28.2. The molecular weight excluding hydrogens is 520 g/mol. The van der Waals surface area contributed by atoms with Crippen LogP contribution in [0, 0.1) is 0 Å². The fraction of sp³-hybridized carbons (Fsp3) is 0.385. The molecule has 2 aromatic heterocycles. The standard InChI is InChI=1S/C26H28F4N6O3/c1-15(12-16(6-5-9-27)13-19-17-7-3-4-8-18(17)22(37)34-33-19)24(39)35-10-11-36-20(14-35)21(23(38)31-2)32-25(36)26(28,29)30/h3-4,7-8,12,23,31,38H,1,5-6,9-11,13-14H2,2H3,(H,34,37). The summed E-state index contributed by atoms with van der Waals surface area (Å²) in [6.45, 7) is 2.88. The molecule has 0 saturated heterocycles. The van der Waals surface area contributed by atoms with Crippen LogP contribution < -0.4 is 10.9 Å². The summed E-state index contributed by atoms with van der Waals surface area (Å²) in [5, 5.41) is 20.3. The minimum absolute atomic E-state index is 0.0286. The zero-order valence-corrected chi connectivity index (χ0v) is 21.2. The molecule has 3 aromatic rings. The van der Waals surface area contributed by atoms with Gasteiger partial charge in [-0.3, -0.25) is 19.3 Å². The molecule has 4 rings (SSSR count). The van der Waals surface area contributed by atoms with E-state index < -0.39 is 30.8 Å². The van der Waals surface area contributed by atoms with Gasteiger partial charge in [0.25, 0.3) is 11.5 Å². The number of H-pyrrole nitrogens is 1. The Kier molecular flexibility index (Phi) is 8.31. The third-order valence-electron chi connectivity index (χ3n) is 6.56. The van der Waals surface area contributed by atoms with Gasteiger partial charge in [-0.05, 0) is 26.0 Å². The third-order valence-corrected chi connectivity index (χ3v) is 6.56. The van der Waals surface area contributed by atoms with E-state index in [-0.39, 0.29) is 55.0 Å². The van der Waals surface area contributed by atoms with Crippen LogP contribution in [0.1, 0.15) is 42.0 Å². The number of benzene rings is 1. The molecule has 1 atom stereocenters. The molecule has 1 unspecified atom stereocenters. The van der Waals surface area contributed by atoms with E-state index in [9.17, 15) is 32.3 Å². The monoisotopic (exact) mass is 548 g/mol. The van der Waals surface area contributed by atoms with Crippen molar-refractivity contribution >= 4 is 16.7 Å². The van der Waals surface area contributed by atoms with E-state index in [1.165, 1.54) is 18.0 Å². The molecular formula is C26H28F4N6O3. The normalized spacial score (nSPS) is 14.9. The quantitative estimate of drug-likeness (QED) is 0.164. The number of halogens is 4. The van der Waals surface area contributed by atoms with Crippen LogP contribution in [0.25, 0.3) is 10.8 Å². The molecule has 1 aliphatic rings. The van der Waals surface area contributed by atoms with Crippen molar-refractivity contribution < 1.29 is 27.5 Å². The lowest BCUT2D eigenvalue weighted by atomic mass is 9.99. The van der Waals surface area contributed by atoms with Crippen molar-refractivity contribution in [1.82, 2.24) is 30.0 Å². The van der Waals surface area contributed by atoms with E-state index in [2.05, 4.69) is 27.1 Å². The van der Waals surface area contributed by atoms with Crippen molar-refractivity contribution in [1.29, 1.82) is 0 Å². The Balaban J connectivity index is 1.60. The second-order valence-corrected chi connectivity index (χ2v) is 9.18. The van der Waals surface area contributed by atoms with Crippen molar-refractivity contribution in [2.45, 2.75) is 44.8 Å². The number of aliphatic hydroxyl groups is 1. The number of imidazole rings is 1. The molecule has 0 radical (unpaired) electrons. The first-order valence-electron chi connectivity index (χ1n) is 12.3. The van der Waals surface area contributed by atoms with Gasteiger partial charge in [0.05, 0.1) is 30.0 Å². The maximum absolute atomic E-state index is 13.5. The van der Waals surface area contributed by atoms with E-state index in [1.54, 1.807) is 24.3 Å². The van der Waals surface area contributed by atoms with Crippen LogP contribution in [0.4, 0.5) is 17.6 Å². The van der Waals surface area contributed by atoms with E-state index in [4.69, 9.17) is 0 Å². The Bertz CT molecular complexity index is 1480. The minimum Gasteiger partial charge on any atom is -0.373 e. The molecule has 208 valence electrons. The largest absolute Gasteiger partial charge is 0.449 e. The molecule has 0 saturated carbocycles. The van der Waals surface area contributed by atoms with Crippen LogP contribution in [-0.2, 0) is 30.5 Å². The Labute approximate surface area is 220 Å². The molecule has 0 aliphatic carbocycles. The zero-order chi connectivity index (χ0) is 28.3. The number of aromatic amines is 1. The minimum atomic E-state index is -4.73. The molecule has 0 fully saturated rings. The summed E-state index contributed by atoms with van der Waals surface area (Å²) >= 11 is 0. The van der Waals surface area contributed by atoms with Gasteiger partial charge in [-0.1, -0.05) is 36.4 Å². The van der Waals surface area contributed by atoms with Gasteiger partial charge < -0.3 is 14.6 Å². The molecule has 0 spiro atoms. The number of amides is 1. The lowest BCUT2D eigenvalue weighted by Crippen LogP contribution is -2.40. The van der Waals surface area contributed by atoms with E-state index in [0.717, 1.165) is 4.57 Å². The maximum atomic E-state index is 13.5. The predicted molar refractivity (Wildman–Crippen MR) is 135 cm³/mol. The summed E-state index contributed by atoms with van der Waals surface area (Å²) in [5.74, 6) is -1.65. The number of hydrogen-bond acceptors (Lipinski definition) is 6. The number of rotatable bonds is 9. The van der Waals surface area contributed by atoms with Gasteiger partial charge in [0.2, 0.25) is 5.82 Å². The fourth-order valence-corrected chi connectivity index (χ4v) is 4.68. The lowest BCUT2D eigenvalue weighted by molar-refractivity contribution is -0.148. The lowest BCUT2D eigenvalue weighted by Gasteiger charge is -2.30. The maximum Gasteiger partial charge on any atom is 0.449 e. The van der Waals surface area contributed by atoms with Gasteiger partial charge in [-0.25, -0.2) is 10.1 Å². The summed E-state index contributed by atoms with van der Waals surface area (Å²) in [6, 6.07) is 6.91. The SMILES string of the molecule is C=C(C=C(CCCF)Cc1n[nH]c(=O)c2ccccc12)C(=O)N1CCn2c(C(F)(F)F)nc(C(O)NC)c2C1. The van der Waals surface area contributed by atoms with Crippen molar-refractivity contribution in [3.63, 3.8) is 0 Å². The zero-order valence-electron chi connectivity index (χ0n) is 21.2. The molecule has 0 bridgehead atoms. The number of allylic oxidation sites excluding steroid dienone is 1. The Morgan fingerprint density at radius 3 is 2.67 bits per heavy atom. The average molecular weight is 549 g/mol. The molecule has 3 N–H and O–H groups in total. The molecule has 1 amide bonds. The molecule has 3 heterocycles. The van der Waals surface area contributed by atoms with Gasteiger partial charge >= 0.3 is 6.18 Å². The van der Waals surface area contributed by atoms with E-state index >= 15 is 0 Å². The van der Waals surface area contributed by atoms with Crippen LogP contribution in [-0.4, -0.2) is 55.9 Å². The smallest absolute Gasteiger partial charge is 0.373 e. The Morgan fingerprint density at radius 1 is 1.28 bits per heavy atom. The van der Waals surface area contributed by atoms with Crippen LogP contribution in [0.5, 0.6) is 0 Å². The van der Waals surface area contributed by atoms with E-state index in [0.29, 0.717) is 28.5 Å². The highest BCUT2D eigenvalue weighted by atomic mass is 19.4. The summed E-state index contributed by atoms with van der Waals surface area (Å²) in [6.07, 6.45) is -3.92. The predicted octanol–water partition coefficient (Wildman–Crippen LogP) is 3.17. The molecule has 9 nitrogen and oxygen atoms in total. The summed E-state index contributed by atoms with van der Waals surface area (Å²) in [5.41, 5.74) is 0.790. The third kappa shape index (κ3) is 5.93. The highest BCUT2D eigenvalue weighted by molar-refractivity contribution is 5.95. The van der Waals surface area contributed by atoms with Gasteiger partial charge in [0.15, 0.2) is 0 Å². The van der Waals surface area contributed by atoms with Crippen molar-refractivity contribution in [2.75, 3.05) is 20.3 Å². The first-order valence-corrected chi connectivity index (χ1v) is 12.3. The summed E-state index contributed by atoms with van der Waals surface area (Å²) in [4.78, 5) is 30.4. The number of carbonyl (C=O) groups excluding carboxylic acids is 1. The number of carbonyl (C=O) groups is 1. The van der Waals surface area contributed by atoms with Crippen molar-refractivity contribution in [2.24, 2.45) is 0 Å². The van der Waals surface area contributed by atoms with Crippen LogP contribution in [0.15, 0.2) is 52.9 Å². The number of nitrogens with one attached hydrogen (secondary N) is 2. The number of fused-ring (bicyclic) bond motifs is 2. The summed E-state index contributed by atoms with van der Waals surface area (Å²) < 4.78 is 54.6. The van der Waals surface area contributed by atoms with Gasteiger partial charge in [-0.2, -0.15) is 18.3 Å². The van der Waals surface area contributed by atoms with Crippen molar-refractivity contribution in [3.05, 3.63) is 81.3 Å². The highest BCUT2D eigenvalue weighted by Crippen LogP contribution is 2.34. The fourth-order valence-electron chi connectivity index (χ4n) is 4.68. The van der Waals surface area contributed by atoms with Gasteiger partial charge in [-0.15, -0.1) is 0 Å². The highest BCUT2D eigenvalue weighted by Gasteiger charge is 2.41. The van der Waals surface area contributed by atoms with Crippen LogP contribution in [0.3, 0.4) is 0 Å². The number of hydrogen-bond donors (Lipinski definition) is 3. The van der Waals surface area contributed by atoms with Gasteiger partial charge in [0, 0.05) is 30.5 Å². The van der Waals surface area contributed by atoms with Gasteiger partial charge in [0.1, 0.15) is 11.9 Å². The second-order valence-electron chi connectivity index (χ2n) is 9.18. The average Bonchev–Trinajstić information content (AvgIpc) is 3.32. The van der Waals surface area contributed by atoms with Crippen LogP contribution >= 0.6 is 0 Å². The number of alkyl halides is 4. The topological polar surface area (TPSA) is 116 Å². The molecule has 1 aliphatic heterocycles. The molecule has 39 heavy (non-hydrogen) atoms. The number of nitrogens with zero attached hydrogens (tertiary/aromatic N) is 4. The number of aliphatic hydroxyl groups excluding tert-OH is 1. The van der Waals surface area contributed by atoms with E-state index in [1.807, 2.05) is 0 Å². The van der Waals surface area contributed by atoms with Crippen molar-refractivity contribution in [3.8, 4) is 0 Å².